The summed E-state index contributed by atoms with van der Waals surface area (Å²) in [5.74, 6) is 0.920. The van der Waals surface area contributed by atoms with Gasteiger partial charge in [0.1, 0.15) is 11.4 Å². The Morgan fingerprint density at radius 3 is 2.57 bits per heavy atom. The number of aryl methyl sites for hydroxylation is 1. The van der Waals surface area contributed by atoms with Crippen molar-refractivity contribution in [3.63, 3.8) is 0 Å². The highest BCUT2D eigenvalue weighted by Crippen LogP contribution is 2.29. The molecule has 2 aromatic heterocycles. The van der Waals surface area contributed by atoms with Crippen molar-refractivity contribution < 1.29 is 14.3 Å². The van der Waals surface area contributed by atoms with E-state index in [0.717, 1.165) is 53.8 Å². The summed E-state index contributed by atoms with van der Waals surface area (Å²) in [6.07, 6.45) is 4.32. The average Bonchev–Trinajstić information content (AvgIpc) is 2.85. The standard InChI is InChI=1S/C27H35N7O3/c1-17-6-5-7-19-14-20(16-31-25(35)22-23(28)30-11-10-29-22)24(33-21(17)19)34-12-8-18(9-13-34)15-32-26(36)37-27(2,3)4/h5-7,10-11,14,18H,8-9,12-13,15-16H2,1-4H3,(H2,28,30)(H,31,35)(H,32,36). The van der Waals surface area contributed by atoms with Crippen molar-refractivity contribution in [1.82, 2.24) is 25.6 Å². The fourth-order valence-corrected chi connectivity index (χ4v) is 4.46. The number of ether oxygens (including phenoxy) is 1. The van der Waals surface area contributed by atoms with E-state index in [1.54, 1.807) is 0 Å². The van der Waals surface area contributed by atoms with Gasteiger partial charge in [-0.15, -0.1) is 0 Å². The Labute approximate surface area is 217 Å². The summed E-state index contributed by atoms with van der Waals surface area (Å²) >= 11 is 0. The van der Waals surface area contributed by atoms with E-state index in [0.29, 0.717) is 12.5 Å². The van der Waals surface area contributed by atoms with Crippen LogP contribution in [0.15, 0.2) is 36.7 Å². The Kier molecular flexibility index (Phi) is 7.75. The number of rotatable bonds is 6. The zero-order valence-electron chi connectivity index (χ0n) is 21.9. The Hall–Kier alpha value is -3.95. The first kappa shape index (κ1) is 26.1. The van der Waals surface area contributed by atoms with Gasteiger partial charge in [0.05, 0.1) is 5.52 Å². The average molecular weight is 506 g/mol. The van der Waals surface area contributed by atoms with E-state index < -0.39 is 5.60 Å². The molecule has 196 valence electrons. The summed E-state index contributed by atoms with van der Waals surface area (Å²) in [5, 5.41) is 6.84. The van der Waals surface area contributed by atoms with Gasteiger partial charge in [-0.2, -0.15) is 0 Å². The summed E-state index contributed by atoms with van der Waals surface area (Å²) in [7, 11) is 0. The molecule has 4 N–H and O–H groups in total. The van der Waals surface area contributed by atoms with Crippen LogP contribution >= 0.6 is 0 Å². The minimum atomic E-state index is -0.516. The van der Waals surface area contributed by atoms with Gasteiger partial charge in [0.15, 0.2) is 11.5 Å². The number of carbonyl (C=O) groups excluding carboxylic acids is 2. The highest BCUT2D eigenvalue weighted by atomic mass is 16.6. The van der Waals surface area contributed by atoms with Crippen molar-refractivity contribution in [2.75, 3.05) is 30.3 Å². The van der Waals surface area contributed by atoms with Crippen LogP contribution in [-0.4, -0.2) is 52.2 Å². The summed E-state index contributed by atoms with van der Waals surface area (Å²) < 4.78 is 5.35. The molecular weight excluding hydrogens is 470 g/mol. The molecule has 1 aromatic carbocycles. The molecule has 1 aliphatic rings. The van der Waals surface area contributed by atoms with E-state index in [1.807, 2.05) is 45.9 Å². The summed E-state index contributed by atoms with van der Waals surface area (Å²) in [6, 6.07) is 8.16. The topological polar surface area (TPSA) is 135 Å². The molecule has 0 unspecified atom stereocenters. The van der Waals surface area contributed by atoms with E-state index in [1.165, 1.54) is 12.4 Å². The van der Waals surface area contributed by atoms with Crippen molar-refractivity contribution >= 4 is 34.5 Å². The molecule has 0 bridgehead atoms. The van der Waals surface area contributed by atoms with E-state index in [-0.39, 0.29) is 30.1 Å². The minimum absolute atomic E-state index is 0.0922. The SMILES string of the molecule is Cc1cccc2cc(CNC(=O)c3nccnc3N)c(N3CCC(CNC(=O)OC(C)(C)C)CC3)nc12. The number of nitrogens with two attached hydrogens (primary N) is 1. The van der Waals surface area contributed by atoms with Crippen molar-refractivity contribution in [2.24, 2.45) is 5.92 Å². The number of nitrogens with one attached hydrogen (secondary N) is 2. The normalized spacial score (nSPS) is 14.4. The molecule has 0 radical (unpaired) electrons. The van der Waals surface area contributed by atoms with Crippen LogP contribution in [0.4, 0.5) is 16.4 Å². The highest BCUT2D eigenvalue weighted by molar-refractivity contribution is 5.96. The molecule has 0 saturated carbocycles. The number of piperidine rings is 1. The molecule has 37 heavy (non-hydrogen) atoms. The van der Waals surface area contributed by atoms with Gasteiger partial charge < -0.3 is 26.0 Å². The van der Waals surface area contributed by atoms with Crippen LogP contribution in [0.25, 0.3) is 10.9 Å². The van der Waals surface area contributed by atoms with Crippen LogP contribution in [0.2, 0.25) is 0 Å². The number of carbonyl (C=O) groups is 2. The lowest BCUT2D eigenvalue weighted by molar-refractivity contribution is 0.0516. The Balaban J connectivity index is 1.47. The molecule has 0 spiro atoms. The molecule has 3 aromatic rings. The Morgan fingerprint density at radius 2 is 1.86 bits per heavy atom. The predicted molar refractivity (Wildman–Crippen MR) is 143 cm³/mol. The number of aromatic nitrogens is 3. The van der Waals surface area contributed by atoms with Gasteiger partial charge in [-0.1, -0.05) is 18.2 Å². The first-order valence-corrected chi connectivity index (χ1v) is 12.6. The number of hydrogen-bond acceptors (Lipinski definition) is 8. The van der Waals surface area contributed by atoms with E-state index in [4.69, 9.17) is 15.5 Å². The van der Waals surface area contributed by atoms with Gasteiger partial charge in [0.2, 0.25) is 0 Å². The summed E-state index contributed by atoms with van der Waals surface area (Å²) in [6.45, 7) is 10.1. The fourth-order valence-electron chi connectivity index (χ4n) is 4.46. The third-order valence-electron chi connectivity index (χ3n) is 6.33. The second kappa shape index (κ2) is 11.0. The molecule has 10 heteroatoms. The Bertz CT molecular complexity index is 1280. The van der Waals surface area contributed by atoms with Gasteiger partial charge >= 0.3 is 6.09 Å². The number of nitrogen functional groups attached to an aromatic ring is 1. The van der Waals surface area contributed by atoms with E-state index >= 15 is 0 Å². The smallest absolute Gasteiger partial charge is 0.407 e. The van der Waals surface area contributed by atoms with Crippen LogP contribution < -0.4 is 21.3 Å². The van der Waals surface area contributed by atoms with Crippen molar-refractivity contribution in [1.29, 1.82) is 0 Å². The maximum atomic E-state index is 12.7. The largest absolute Gasteiger partial charge is 0.444 e. The number of anilines is 2. The number of pyridine rings is 1. The Morgan fingerprint density at radius 1 is 1.14 bits per heavy atom. The van der Waals surface area contributed by atoms with E-state index in [9.17, 15) is 9.59 Å². The third kappa shape index (κ3) is 6.63. The van der Waals surface area contributed by atoms with Gasteiger partial charge in [0.25, 0.3) is 5.91 Å². The molecule has 1 aliphatic heterocycles. The highest BCUT2D eigenvalue weighted by Gasteiger charge is 2.24. The molecule has 3 heterocycles. The van der Waals surface area contributed by atoms with Crippen LogP contribution in [0.5, 0.6) is 0 Å². The molecule has 1 saturated heterocycles. The summed E-state index contributed by atoms with van der Waals surface area (Å²) in [5.41, 5.74) is 8.37. The molecule has 1 fully saturated rings. The zero-order chi connectivity index (χ0) is 26.6. The second-order valence-electron chi connectivity index (χ2n) is 10.4. The van der Waals surface area contributed by atoms with Crippen molar-refractivity contribution in [2.45, 2.75) is 52.7 Å². The van der Waals surface area contributed by atoms with Crippen molar-refractivity contribution in [3.8, 4) is 0 Å². The monoisotopic (exact) mass is 505 g/mol. The maximum absolute atomic E-state index is 12.7. The van der Waals surface area contributed by atoms with Gasteiger partial charge in [-0.3, -0.25) is 4.79 Å². The number of nitrogens with zero attached hydrogens (tertiary/aromatic N) is 4. The lowest BCUT2D eigenvalue weighted by Crippen LogP contribution is -2.41. The number of amides is 2. The molecule has 4 rings (SSSR count). The van der Waals surface area contributed by atoms with Crippen molar-refractivity contribution in [3.05, 3.63) is 53.5 Å². The molecule has 10 nitrogen and oxygen atoms in total. The van der Waals surface area contributed by atoms with Crippen LogP contribution in [0, 0.1) is 12.8 Å². The number of alkyl carbamates (subject to hydrolysis) is 1. The number of para-hydroxylation sites is 1. The fraction of sp³-hybridized carbons (Fsp3) is 0.444. The number of benzene rings is 1. The summed E-state index contributed by atoms with van der Waals surface area (Å²) in [4.78, 5) is 40.1. The minimum Gasteiger partial charge on any atom is -0.444 e. The molecular formula is C27H35N7O3. The second-order valence-corrected chi connectivity index (χ2v) is 10.4. The number of hydrogen-bond donors (Lipinski definition) is 3. The van der Waals surface area contributed by atoms with Gasteiger partial charge in [-0.05, 0) is 58.1 Å². The predicted octanol–water partition coefficient (Wildman–Crippen LogP) is 3.59. The quantitative estimate of drug-likeness (QED) is 0.463. The zero-order valence-corrected chi connectivity index (χ0v) is 21.9. The molecule has 0 aliphatic carbocycles. The maximum Gasteiger partial charge on any atom is 0.407 e. The lowest BCUT2D eigenvalue weighted by atomic mass is 9.96. The third-order valence-corrected chi connectivity index (χ3v) is 6.33. The van der Waals surface area contributed by atoms with Gasteiger partial charge in [-0.25, -0.2) is 19.7 Å². The first-order valence-electron chi connectivity index (χ1n) is 12.6. The number of fused-ring (bicyclic) bond motifs is 1. The molecule has 2 amide bonds. The van der Waals surface area contributed by atoms with Crippen LogP contribution in [0.1, 0.15) is 55.2 Å². The van der Waals surface area contributed by atoms with Crippen LogP contribution in [0.3, 0.4) is 0 Å². The molecule has 0 atom stereocenters. The lowest BCUT2D eigenvalue weighted by Gasteiger charge is -2.34. The van der Waals surface area contributed by atoms with E-state index in [2.05, 4.69) is 31.6 Å². The van der Waals surface area contributed by atoms with Gasteiger partial charge in [0, 0.05) is 49.5 Å². The van der Waals surface area contributed by atoms with Crippen LogP contribution in [-0.2, 0) is 11.3 Å². The first-order chi connectivity index (χ1) is 17.6.